The minimum absolute atomic E-state index is 0.0133. The van der Waals surface area contributed by atoms with Crippen molar-refractivity contribution in [3.63, 3.8) is 0 Å². The second-order valence-corrected chi connectivity index (χ2v) is 5.24. The molecule has 0 spiro atoms. The van der Waals surface area contributed by atoms with Gasteiger partial charge in [-0.2, -0.15) is 0 Å². The van der Waals surface area contributed by atoms with Crippen LogP contribution in [-0.2, 0) is 9.53 Å². The summed E-state index contributed by atoms with van der Waals surface area (Å²) >= 11 is 0. The Hall–Kier alpha value is -0.610. The maximum atomic E-state index is 12.4. The van der Waals surface area contributed by atoms with Crippen molar-refractivity contribution in [3.8, 4) is 0 Å². The van der Waals surface area contributed by atoms with E-state index in [4.69, 9.17) is 10.5 Å². The number of amides is 1. The van der Waals surface area contributed by atoms with Gasteiger partial charge in [0.2, 0.25) is 5.91 Å². The van der Waals surface area contributed by atoms with Gasteiger partial charge in [-0.1, -0.05) is 12.8 Å². The lowest BCUT2D eigenvalue weighted by atomic mass is 9.74. The third-order valence-electron chi connectivity index (χ3n) is 3.88. The first-order valence-electron chi connectivity index (χ1n) is 6.27. The molecule has 1 saturated heterocycles. The molecule has 2 N–H and O–H groups in total. The van der Waals surface area contributed by atoms with Crippen LogP contribution in [-0.4, -0.2) is 42.6 Å². The Labute approximate surface area is 97.1 Å². The number of morpholine rings is 1. The predicted octanol–water partition coefficient (Wildman–Crippen LogP) is 0.753. The van der Waals surface area contributed by atoms with Crippen LogP contribution in [0.5, 0.6) is 0 Å². The molecule has 2 fully saturated rings. The molecule has 16 heavy (non-hydrogen) atoms. The molecular weight excluding hydrogens is 204 g/mol. The van der Waals surface area contributed by atoms with Crippen molar-refractivity contribution >= 4 is 5.91 Å². The van der Waals surface area contributed by atoms with Crippen molar-refractivity contribution in [2.24, 2.45) is 11.7 Å². The van der Waals surface area contributed by atoms with E-state index in [1.165, 1.54) is 0 Å². The van der Waals surface area contributed by atoms with Crippen LogP contribution in [0.4, 0.5) is 0 Å². The second kappa shape index (κ2) is 4.72. The third kappa shape index (κ3) is 2.38. The summed E-state index contributed by atoms with van der Waals surface area (Å²) in [5.41, 5.74) is 5.94. The van der Waals surface area contributed by atoms with Gasteiger partial charge in [0.05, 0.1) is 19.1 Å². The zero-order valence-electron chi connectivity index (χ0n) is 10.1. The molecule has 0 aromatic carbocycles. The number of ether oxygens (including phenoxy) is 1. The van der Waals surface area contributed by atoms with Crippen molar-refractivity contribution in [1.82, 2.24) is 4.90 Å². The fourth-order valence-electron chi connectivity index (χ4n) is 2.77. The lowest BCUT2D eigenvalue weighted by molar-refractivity contribution is -0.143. The minimum Gasteiger partial charge on any atom is -0.378 e. The highest BCUT2D eigenvalue weighted by molar-refractivity contribution is 5.80. The van der Waals surface area contributed by atoms with Crippen molar-refractivity contribution < 1.29 is 9.53 Å². The van der Waals surface area contributed by atoms with Gasteiger partial charge in [0.1, 0.15) is 0 Å². The molecule has 0 bridgehead atoms. The molecular formula is C12H22N2O2. The Kier molecular flexibility index (Phi) is 3.50. The van der Waals surface area contributed by atoms with Gasteiger partial charge in [-0.05, 0) is 19.8 Å². The van der Waals surface area contributed by atoms with Gasteiger partial charge < -0.3 is 15.4 Å². The summed E-state index contributed by atoms with van der Waals surface area (Å²) in [5, 5.41) is 0. The normalized spacial score (nSPS) is 36.1. The van der Waals surface area contributed by atoms with E-state index in [-0.39, 0.29) is 17.4 Å². The van der Waals surface area contributed by atoms with Crippen LogP contribution in [0.2, 0.25) is 0 Å². The summed E-state index contributed by atoms with van der Waals surface area (Å²) in [4.78, 5) is 14.3. The molecule has 1 saturated carbocycles. The average molecular weight is 226 g/mol. The first-order valence-corrected chi connectivity index (χ1v) is 6.27. The SMILES string of the molecule is CC1(N)CCCCC1C(=O)N1CCOCC1. The van der Waals surface area contributed by atoms with E-state index >= 15 is 0 Å². The molecule has 1 amide bonds. The molecule has 2 aliphatic rings. The van der Waals surface area contributed by atoms with E-state index in [1.807, 2.05) is 11.8 Å². The van der Waals surface area contributed by atoms with Crippen LogP contribution in [0.25, 0.3) is 0 Å². The Balaban J connectivity index is 2.01. The van der Waals surface area contributed by atoms with Crippen molar-refractivity contribution in [2.75, 3.05) is 26.3 Å². The van der Waals surface area contributed by atoms with Crippen LogP contribution < -0.4 is 5.73 Å². The van der Waals surface area contributed by atoms with Gasteiger partial charge in [0.25, 0.3) is 0 Å². The molecule has 2 rings (SSSR count). The Morgan fingerprint density at radius 2 is 2.06 bits per heavy atom. The van der Waals surface area contributed by atoms with Gasteiger partial charge >= 0.3 is 0 Å². The van der Waals surface area contributed by atoms with Crippen LogP contribution in [0.3, 0.4) is 0 Å². The second-order valence-electron chi connectivity index (χ2n) is 5.24. The van der Waals surface area contributed by atoms with Crippen molar-refractivity contribution in [1.29, 1.82) is 0 Å². The van der Waals surface area contributed by atoms with Gasteiger partial charge in [0, 0.05) is 18.6 Å². The molecule has 1 aliphatic heterocycles. The summed E-state index contributed by atoms with van der Waals surface area (Å²) in [6.45, 7) is 4.81. The van der Waals surface area contributed by atoms with E-state index in [0.29, 0.717) is 13.2 Å². The molecule has 0 aromatic heterocycles. The lowest BCUT2D eigenvalue weighted by Crippen LogP contribution is -2.55. The topological polar surface area (TPSA) is 55.6 Å². The van der Waals surface area contributed by atoms with Crippen LogP contribution in [0.15, 0.2) is 0 Å². The van der Waals surface area contributed by atoms with Crippen molar-refractivity contribution in [2.45, 2.75) is 38.1 Å². The van der Waals surface area contributed by atoms with E-state index in [9.17, 15) is 4.79 Å². The molecule has 2 unspecified atom stereocenters. The number of carbonyl (C=O) groups is 1. The lowest BCUT2D eigenvalue weighted by Gasteiger charge is -2.40. The first kappa shape index (κ1) is 11.9. The number of hydrogen-bond acceptors (Lipinski definition) is 3. The van der Waals surface area contributed by atoms with E-state index in [2.05, 4.69) is 0 Å². The molecule has 0 radical (unpaired) electrons. The fourth-order valence-corrected chi connectivity index (χ4v) is 2.77. The number of carbonyl (C=O) groups excluding carboxylic acids is 1. The smallest absolute Gasteiger partial charge is 0.227 e. The van der Waals surface area contributed by atoms with Crippen LogP contribution in [0, 0.1) is 5.92 Å². The van der Waals surface area contributed by atoms with Gasteiger partial charge in [0.15, 0.2) is 0 Å². The largest absolute Gasteiger partial charge is 0.378 e. The van der Waals surface area contributed by atoms with Crippen LogP contribution in [0.1, 0.15) is 32.6 Å². The van der Waals surface area contributed by atoms with Crippen LogP contribution >= 0.6 is 0 Å². The maximum absolute atomic E-state index is 12.4. The monoisotopic (exact) mass is 226 g/mol. The zero-order valence-corrected chi connectivity index (χ0v) is 10.1. The van der Waals surface area contributed by atoms with Crippen molar-refractivity contribution in [3.05, 3.63) is 0 Å². The first-order chi connectivity index (χ1) is 7.61. The molecule has 0 aromatic rings. The highest BCUT2D eigenvalue weighted by Gasteiger charge is 2.39. The van der Waals surface area contributed by atoms with Gasteiger partial charge in [-0.3, -0.25) is 4.79 Å². The average Bonchev–Trinajstić information content (AvgIpc) is 2.29. The van der Waals surface area contributed by atoms with Gasteiger partial charge in [-0.25, -0.2) is 0 Å². The highest BCUT2D eigenvalue weighted by Crippen LogP contribution is 2.33. The van der Waals surface area contributed by atoms with Gasteiger partial charge in [-0.15, -0.1) is 0 Å². The third-order valence-corrected chi connectivity index (χ3v) is 3.88. The summed E-state index contributed by atoms with van der Waals surface area (Å²) in [6, 6.07) is 0. The van der Waals surface area contributed by atoms with E-state index in [0.717, 1.165) is 38.8 Å². The number of nitrogens with zero attached hydrogens (tertiary/aromatic N) is 1. The Bertz CT molecular complexity index is 260. The maximum Gasteiger partial charge on any atom is 0.227 e. The summed E-state index contributed by atoms with van der Waals surface area (Å²) in [5.74, 6) is 0.257. The predicted molar refractivity (Wildman–Crippen MR) is 61.9 cm³/mol. The van der Waals surface area contributed by atoms with E-state index in [1.54, 1.807) is 0 Å². The highest BCUT2D eigenvalue weighted by atomic mass is 16.5. The quantitative estimate of drug-likeness (QED) is 0.718. The molecule has 92 valence electrons. The summed E-state index contributed by atoms with van der Waals surface area (Å²) in [6.07, 6.45) is 4.20. The van der Waals surface area contributed by atoms with E-state index < -0.39 is 0 Å². The Morgan fingerprint density at radius 3 is 2.69 bits per heavy atom. The molecule has 4 heteroatoms. The molecule has 1 heterocycles. The summed E-state index contributed by atoms with van der Waals surface area (Å²) < 4.78 is 5.26. The standard InChI is InChI=1S/C12H22N2O2/c1-12(13)5-3-2-4-10(12)11(15)14-6-8-16-9-7-14/h10H,2-9,13H2,1H3. The minimum atomic E-state index is -0.312. The Morgan fingerprint density at radius 1 is 1.38 bits per heavy atom. The fraction of sp³-hybridized carbons (Fsp3) is 0.917. The zero-order chi connectivity index (χ0) is 11.6. The molecule has 4 nitrogen and oxygen atoms in total. The molecule has 1 aliphatic carbocycles. The number of nitrogens with two attached hydrogens (primary N) is 1. The summed E-state index contributed by atoms with van der Waals surface area (Å²) in [7, 11) is 0. The molecule has 2 atom stereocenters. The number of rotatable bonds is 1. The number of hydrogen-bond donors (Lipinski definition) is 1.